The Bertz CT molecular complexity index is 498. The number of fused-ring (bicyclic) bond motifs is 2. The van der Waals surface area contributed by atoms with Crippen LogP contribution < -0.4 is 0 Å². The molecule has 3 fully saturated rings. The molecule has 0 spiro atoms. The third-order valence-electron chi connectivity index (χ3n) is 6.12. The highest BCUT2D eigenvalue weighted by Gasteiger charge is 2.47. The minimum Gasteiger partial charge on any atom is -0.465 e. The van der Waals surface area contributed by atoms with E-state index in [1.54, 1.807) is 6.92 Å². The standard InChI is InChI=1S/C20H30O4/c1-13(2)20(22)24-18-10-15-8-16(17(18)9-15)7-5-3-4-6-14-11-19(21)23-12-14/h14-18H,1,3-12H2,2H3. The Morgan fingerprint density at radius 1 is 1.21 bits per heavy atom. The Morgan fingerprint density at radius 2 is 2.00 bits per heavy atom. The van der Waals surface area contributed by atoms with Crippen molar-refractivity contribution >= 4 is 11.9 Å². The molecule has 0 amide bonds. The van der Waals surface area contributed by atoms with Gasteiger partial charge in [-0.05, 0) is 50.4 Å². The maximum absolute atomic E-state index is 11.8. The van der Waals surface area contributed by atoms with E-state index in [9.17, 15) is 9.59 Å². The quantitative estimate of drug-likeness (QED) is 0.382. The molecule has 1 saturated heterocycles. The molecule has 0 radical (unpaired) electrons. The van der Waals surface area contributed by atoms with Gasteiger partial charge >= 0.3 is 11.9 Å². The molecular weight excluding hydrogens is 304 g/mol. The first kappa shape index (κ1) is 17.5. The van der Waals surface area contributed by atoms with Gasteiger partial charge in [-0.3, -0.25) is 4.79 Å². The SMILES string of the molecule is C=C(C)C(=O)OC1CC2CC(CCCCCC3COC(=O)C3)C1C2. The summed E-state index contributed by atoms with van der Waals surface area (Å²) >= 11 is 0. The summed E-state index contributed by atoms with van der Waals surface area (Å²) in [5, 5.41) is 0. The van der Waals surface area contributed by atoms with Gasteiger partial charge in [0, 0.05) is 11.5 Å². The van der Waals surface area contributed by atoms with Crippen molar-refractivity contribution in [3.63, 3.8) is 0 Å². The van der Waals surface area contributed by atoms with Gasteiger partial charge in [0.1, 0.15) is 6.10 Å². The maximum atomic E-state index is 11.8. The third-order valence-corrected chi connectivity index (χ3v) is 6.12. The molecule has 2 aliphatic carbocycles. The normalized spacial score (nSPS) is 34.4. The van der Waals surface area contributed by atoms with Crippen molar-refractivity contribution in [3.8, 4) is 0 Å². The summed E-state index contributed by atoms with van der Waals surface area (Å²) < 4.78 is 10.7. The first-order valence-electron chi connectivity index (χ1n) is 9.55. The summed E-state index contributed by atoms with van der Waals surface area (Å²) in [5.74, 6) is 2.25. The molecule has 4 nitrogen and oxygen atoms in total. The van der Waals surface area contributed by atoms with Crippen LogP contribution in [0, 0.1) is 23.7 Å². The molecule has 3 rings (SSSR count). The Kier molecular flexibility index (Phi) is 5.62. The zero-order valence-corrected chi connectivity index (χ0v) is 14.8. The number of hydrogen-bond acceptors (Lipinski definition) is 4. The lowest BCUT2D eigenvalue weighted by Gasteiger charge is -2.29. The second-order valence-electron chi connectivity index (χ2n) is 8.11. The first-order chi connectivity index (χ1) is 11.5. The van der Waals surface area contributed by atoms with Gasteiger partial charge < -0.3 is 9.47 Å². The number of ether oxygens (including phenoxy) is 2. The van der Waals surface area contributed by atoms with E-state index >= 15 is 0 Å². The van der Waals surface area contributed by atoms with Crippen LogP contribution in [0.4, 0.5) is 0 Å². The van der Waals surface area contributed by atoms with Gasteiger partial charge in [-0.15, -0.1) is 0 Å². The number of unbranched alkanes of at least 4 members (excludes halogenated alkanes) is 2. The monoisotopic (exact) mass is 334 g/mol. The summed E-state index contributed by atoms with van der Waals surface area (Å²) in [5.41, 5.74) is 0.503. The summed E-state index contributed by atoms with van der Waals surface area (Å²) in [4.78, 5) is 22.8. The van der Waals surface area contributed by atoms with E-state index in [2.05, 4.69) is 6.58 Å². The van der Waals surface area contributed by atoms with Crippen LogP contribution in [0.2, 0.25) is 0 Å². The molecule has 5 atom stereocenters. The molecule has 5 unspecified atom stereocenters. The van der Waals surface area contributed by atoms with Crippen molar-refractivity contribution in [2.75, 3.05) is 6.61 Å². The molecule has 0 N–H and O–H groups in total. The lowest BCUT2D eigenvalue weighted by Crippen LogP contribution is -2.29. The van der Waals surface area contributed by atoms with Crippen LogP contribution in [0.3, 0.4) is 0 Å². The third kappa shape index (κ3) is 4.20. The second kappa shape index (κ2) is 7.71. The summed E-state index contributed by atoms with van der Waals surface area (Å²) in [6.07, 6.45) is 10.4. The fraction of sp³-hybridized carbons (Fsp3) is 0.800. The van der Waals surface area contributed by atoms with E-state index in [1.807, 2.05) is 0 Å². The van der Waals surface area contributed by atoms with Gasteiger partial charge in [0.25, 0.3) is 0 Å². The summed E-state index contributed by atoms with van der Waals surface area (Å²) in [7, 11) is 0. The van der Waals surface area contributed by atoms with Crippen LogP contribution in [0.15, 0.2) is 12.2 Å². The van der Waals surface area contributed by atoms with Gasteiger partial charge in [-0.25, -0.2) is 4.79 Å². The number of carbonyl (C=O) groups excluding carboxylic acids is 2. The van der Waals surface area contributed by atoms with Crippen LogP contribution >= 0.6 is 0 Å². The predicted molar refractivity (Wildman–Crippen MR) is 91.2 cm³/mol. The van der Waals surface area contributed by atoms with Crippen LogP contribution in [-0.2, 0) is 19.1 Å². The Balaban J connectivity index is 1.33. The highest BCUT2D eigenvalue weighted by atomic mass is 16.5. The van der Waals surface area contributed by atoms with Crippen LogP contribution in [-0.4, -0.2) is 24.6 Å². The summed E-state index contributed by atoms with van der Waals surface area (Å²) in [6.45, 7) is 6.03. The van der Waals surface area contributed by atoms with Crippen LogP contribution in [0.5, 0.6) is 0 Å². The summed E-state index contributed by atoms with van der Waals surface area (Å²) in [6, 6.07) is 0. The maximum Gasteiger partial charge on any atom is 0.333 e. The smallest absolute Gasteiger partial charge is 0.333 e. The molecule has 1 aliphatic heterocycles. The molecule has 3 aliphatic rings. The molecule has 24 heavy (non-hydrogen) atoms. The fourth-order valence-corrected chi connectivity index (χ4v) is 4.90. The number of carbonyl (C=O) groups is 2. The van der Waals surface area contributed by atoms with Crippen LogP contribution in [0.1, 0.15) is 64.7 Å². The topological polar surface area (TPSA) is 52.6 Å². The number of cyclic esters (lactones) is 1. The van der Waals surface area contributed by atoms with Gasteiger partial charge in [0.15, 0.2) is 0 Å². The van der Waals surface area contributed by atoms with Crippen LogP contribution in [0.25, 0.3) is 0 Å². The Labute approximate surface area is 145 Å². The minimum atomic E-state index is -0.223. The minimum absolute atomic E-state index is 0.0302. The Morgan fingerprint density at radius 3 is 2.67 bits per heavy atom. The average molecular weight is 334 g/mol. The van der Waals surface area contributed by atoms with E-state index in [4.69, 9.17) is 9.47 Å². The lowest BCUT2D eigenvalue weighted by molar-refractivity contribution is -0.147. The van der Waals surface area contributed by atoms with Gasteiger partial charge in [-0.1, -0.05) is 32.3 Å². The van der Waals surface area contributed by atoms with Gasteiger partial charge in [-0.2, -0.15) is 0 Å². The van der Waals surface area contributed by atoms with Gasteiger partial charge in [0.05, 0.1) is 13.0 Å². The van der Waals surface area contributed by atoms with E-state index < -0.39 is 0 Å². The molecule has 4 heteroatoms. The molecule has 2 saturated carbocycles. The lowest BCUT2D eigenvalue weighted by atomic mass is 9.83. The Hall–Kier alpha value is -1.32. The van der Waals surface area contributed by atoms with Crippen molar-refractivity contribution in [1.29, 1.82) is 0 Å². The highest BCUT2D eigenvalue weighted by molar-refractivity contribution is 5.87. The highest BCUT2D eigenvalue weighted by Crippen LogP contribution is 2.51. The number of rotatable bonds is 8. The van der Waals surface area contributed by atoms with Gasteiger partial charge in [0.2, 0.25) is 0 Å². The van der Waals surface area contributed by atoms with Crippen molar-refractivity contribution < 1.29 is 19.1 Å². The molecule has 1 heterocycles. The number of hydrogen-bond donors (Lipinski definition) is 0. The van der Waals surface area contributed by atoms with Crippen molar-refractivity contribution in [3.05, 3.63) is 12.2 Å². The molecule has 134 valence electrons. The first-order valence-corrected chi connectivity index (χ1v) is 9.55. The van der Waals surface area contributed by atoms with Crippen molar-refractivity contribution in [2.45, 2.75) is 70.8 Å². The van der Waals surface area contributed by atoms with Crippen molar-refractivity contribution in [2.24, 2.45) is 23.7 Å². The molecule has 2 bridgehead atoms. The number of esters is 2. The molecule has 0 aromatic carbocycles. The van der Waals surface area contributed by atoms with E-state index in [0.29, 0.717) is 30.4 Å². The molecular formula is C20H30O4. The van der Waals surface area contributed by atoms with E-state index in [-0.39, 0.29) is 18.0 Å². The largest absolute Gasteiger partial charge is 0.465 e. The second-order valence-corrected chi connectivity index (χ2v) is 8.11. The van der Waals surface area contributed by atoms with E-state index in [1.165, 1.54) is 38.5 Å². The van der Waals surface area contributed by atoms with E-state index in [0.717, 1.165) is 24.7 Å². The fourth-order valence-electron chi connectivity index (χ4n) is 4.90. The zero-order chi connectivity index (χ0) is 17.1. The van der Waals surface area contributed by atoms with Crippen molar-refractivity contribution in [1.82, 2.24) is 0 Å². The molecule has 0 aromatic heterocycles. The zero-order valence-electron chi connectivity index (χ0n) is 14.8. The average Bonchev–Trinajstić information content (AvgIpc) is 3.22. The predicted octanol–water partition coefficient (Wildman–Crippen LogP) is 4.03. The molecule has 0 aromatic rings.